The topological polar surface area (TPSA) is 92.9 Å². The number of nitrogens with zero attached hydrogens (tertiary/aromatic N) is 1. The molecule has 3 N–H and O–H groups in total. The van der Waals surface area contributed by atoms with Crippen LogP contribution in [0.2, 0.25) is 0 Å². The van der Waals surface area contributed by atoms with Gasteiger partial charge in [0.2, 0.25) is 10.0 Å². The Hall–Kier alpha value is -1.06. The zero-order chi connectivity index (χ0) is 15.5. The summed E-state index contributed by atoms with van der Waals surface area (Å²) >= 11 is 4.86. The number of rotatable bonds is 5. The lowest BCUT2D eigenvalue weighted by Crippen LogP contribution is -2.50. The third-order valence-corrected chi connectivity index (χ3v) is 5.46. The van der Waals surface area contributed by atoms with Gasteiger partial charge in [0.15, 0.2) is 0 Å². The Morgan fingerprint density at radius 3 is 2.67 bits per heavy atom. The molecule has 2 rings (SSSR count). The van der Waals surface area contributed by atoms with Crippen molar-refractivity contribution in [1.29, 1.82) is 0 Å². The van der Waals surface area contributed by atoms with Crippen LogP contribution in [-0.2, 0) is 20.5 Å². The molecule has 0 bridgehead atoms. The Bertz CT molecular complexity index is 601. The van der Waals surface area contributed by atoms with E-state index in [1.54, 1.807) is 24.3 Å². The summed E-state index contributed by atoms with van der Waals surface area (Å²) in [6.45, 7) is 0.574. The lowest BCUT2D eigenvalue weighted by molar-refractivity contribution is 0.0108. The minimum atomic E-state index is -3.50. The summed E-state index contributed by atoms with van der Waals surface area (Å²) in [6.07, 6.45) is 0. The Labute approximate surface area is 129 Å². The largest absolute Gasteiger partial charge is 0.395 e. The lowest BCUT2D eigenvalue weighted by atomic mass is 10.1. The standard InChI is InChI=1S/C13H18N2O4S2/c14-13(20)11-3-1-10(2-4-11)9-21(17,18)15-5-6-19-8-12(15)7-16/h1-4,12,16H,5-9H2,(H2,14,20). The Morgan fingerprint density at radius 2 is 2.10 bits per heavy atom. The van der Waals surface area contributed by atoms with Crippen molar-refractivity contribution in [2.45, 2.75) is 11.8 Å². The second kappa shape index (κ2) is 6.80. The number of hydrogen-bond donors (Lipinski definition) is 2. The molecule has 1 atom stereocenters. The first-order valence-electron chi connectivity index (χ1n) is 6.51. The molecule has 21 heavy (non-hydrogen) atoms. The van der Waals surface area contributed by atoms with Gasteiger partial charge in [0.25, 0.3) is 0 Å². The molecule has 1 aliphatic rings. The summed E-state index contributed by atoms with van der Waals surface area (Å²) in [4.78, 5) is 0.276. The predicted molar refractivity (Wildman–Crippen MR) is 83.4 cm³/mol. The van der Waals surface area contributed by atoms with Gasteiger partial charge in [0.05, 0.1) is 31.6 Å². The highest BCUT2D eigenvalue weighted by Crippen LogP contribution is 2.17. The predicted octanol–water partition coefficient (Wildman–Crippen LogP) is -0.156. The Balaban J connectivity index is 2.14. The van der Waals surface area contributed by atoms with Crippen LogP contribution in [0, 0.1) is 0 Å². The minimum Gasteiger partial charge on any atom is -0.395 e. The fourth-order valence-corrected chi connectivity index (χ4v) is 4.06. The molecule has 0 aromatic heterocycles. The van der Waals surface area contributed by atoms with Crippen molar-refractivity contribution < 1.29 is 18.3 Å². The SMILES string of the molecule is NC(=S)c1ccc(CS(=O)(=O)N2CCOCC2CO)cc1. The van der Waals surface area contributed by atoms with Gasteiger partial charge >= 0.3 is 0 Å². The van der Waals surface area contributed by atoms with Crippen LogP contribution in [0.25, 0.3) is 0 Å². The molecular formula is C13H18N2O4S2. The van der Waals surface area contributed by atoms with Crippen LogP contribution >= 0.6 is 12.2 Å². The molecule has 0 amide bonds. The molecule has 1 aromatic rings. The second-order valence-corrected chi connectivity index (χ2v) is 7.20. The number of hydrogen-bond acceptors (Lipinski definition) is 5. The highest BCUT2D eigenvalue weighted by molar-refractivity contribution is 7.88. The smallest absolute Gasteiger partial charge is 0.218 e. The van der Waals surface area contributed by atoms with Crippen molar-refractivity contribution in [3.05, 3.63) is 35.4 Å². The molecule has 1 aromatic carbocycles. The first kappa shape index (κ1) is 16.3. The molecule has 0 radical (unpaired) electrons. The van der Waals surface area contributed by atoms with Gasteiger partial charge in [0, 0.05) is 12.1 Å². The van der Waals surface area contributed by atoms with E-state index in [2.05, 4.69) is 0 Å². The summed E-state index contributed by atoms with van der Waals surface area (Å²) in [6, 6.07) is 6.28. The first-order chi connectivity index (χ1) is 9.94. The molecule has 1 unspecified atom stereocenters. The van der Waals surface area contributed by atoms with E-state index in [0.717, 1.165) is 0 Å². The van der Waals surface area contributed by atoms with Crippen molar-refractivity contribution in [1.82, 2.24) is 4.31 Å². The molecule has 0 aliphatic carbocycles. The van der Waals surface area contributed by atoms with Crippen molar-refractivity contribution >= 4 is 27.2 Å². The number of aliphatic hydroxyl groups excluding tert-OH is 1. The zero-order valence-corrected chi connectivity index (χ0v) is 13.1. The molecule has 0 spiro atoms. The summed E-state index contributed by atoms with van der Waals surface area (Å²) in [5.74, 6) is -0.124. The number of thiocarbonyl (C=S) groups is 1. The molecule has 8 heteroatoms. The quantitative estimate of drug-likeness (QED) is 0.729. The monoisotopic (exact) mass is 330 g/mol. The van der Waals surface area contributed by atoms with E-state index >= 15 is 0 Å². The maximum absolute atomic E-state index is 12.5. The van der Waals surface area contributed by atoms with Crippen LogP contribution in [0.5, 0.6) is 0 Å². The Morgan fingerprint density at radius 1 is 1.43 bits per heavy atom. The molecule has 1 saturated heterocycles. The third kappa shape index (κ3) is 3.98. The van der Waals surface area contributed by atoms with E-state index in [-0.39, 0.29) is 30.5 Å². The second-order valence-electron chi connectivity index (χ2n) is 4.84. The van der Waals surface area contributed by atoms with Crippen molar-refractivity contribution in [3.8, 4) is 0 Å². The van der Waals surface area contributed by atoms with E-state index in [9.17, 15) is 13.5 Å². The number of nitrogens with two attached hydrogens (primary N) is 1. The van der Waals surface area contributed by atoms with E-state index in [1.807, 2.05) is 0 Å². The maximum atomic E-state index is 12.5. The van der Waals surface area contributed by atoms with Gasteiger partial charge < -0.3 is 15.6 Å². The van der Waals surface area contributed by atoms with Gasteiger partial charge in [-0.25, -0.2) is 8.42 Å². The van der Waals surface area contributed by atoms with E-state index in [1.165, 1.54) is 4.31 Å². The highest BCUT2D eigenvalue weighted by Gasteiger charge is 2.32. The van der Waals surface area contributed by atoms with Crippen LogP contribution < -0.4 is 5.73 Å². The zero-order valence-electron chi connectivity index (χ0n) is 11.4. The normalized spacial score (nSPS) is 20.3. The third-order valence-electron chi connectivity index (χ3n) is 3.33. The van der Waals surface area contributed by atoms with Crippen LogP contribution in [0.1, 0.15) is 11.1 Å². The number of aliphatic hydroxyl groups is 1. The highest BCUT2D eigenvalue weighted by atomic mass is 32.2. The molecule has 6 nitrogen and oxygen atoms in total. The summed E-state index contributed by atoms with van der Waals surface area (Å²) in [7, 11) is -3.50. The maximum Gasteiger partial charge on any atom is 0.218 e. The van der Waals surface area contributed by atoms with Crippen molar-refractivity contribution in [3.63, 3.8) is 0 Å². The van der Waals surface area contributed by atoms with Crippen LogP contribution in [-0.4, -0.2) is 55.2 Å². The number of ether oxygens (including phenoxy) is 1. The summed E-state index contributed by atoms with van der Waals surface area (Å²) < 4.78 is 31.4. The van der Waals surface area contributed by atoms with Gasteiger partial charge in [-0.3, -0.25) is 0 Å². The number of benzene rings is 1. The molecule has 0 saturated carbocycles. The average Bonchev–Trinajstić information content (AvgIpc) is 2.47. The van der Waals surface area contributed by atoms with Crippen LogP contribution in [0.3, 0.4) is 0 Å². The van der Waals surface area contributed by atoms with E-state index in [4.69, 9.17) is 22.7 Å². The van der Waals surface area contributed by atoms with Crippen LogP contribution in [0.4, 0.5) is 0 Å². The lowest BCUT2D eigenvalue weighted by Gasteiger charge is -2.33. The summed E-state index contributed by atoms with van der Waals surface area (Å²) in [5.41, 5.74) is 6.86. The van der Waals surface area contributed by atoms with Crippen molar-refractivity contribution in [2.24, 2.45) is 5.73 Å². The minimum absolute atomic E-state index is 0.124. The molecule has 1 aliphatic heterocycles. The van der Waals surface area contributed by atoms with Gasteiger partial charge in [-0.2, -0.15) is 4.31 Å². The average molecular weight is 330 g/mol. The van der Waals surface area contributed by atoms with Gasteiger partial charge in [0.1, 0.15) is 4.99 Å². The first-order valence-corrected chi connectivity index (χ1v) is 8.52. The van der Waals surface area contributed by atoms with Crippen LogP contribution in [0.15, 0.2) is 24.3 Å². The number of morpholine rings is 1. The van der Waals surface area contributed by atoms with E-state index in [0.29, 0.717) is 17.7 Å². The van der Waals surface area contributed by atoms with Gasteiger partial charge in [-0.1, -0.05) is 36.5 Å². The molecule has 1 heterocycles. The van der Waals surface area contributed by atoms with Crippen molar-refractivity contribution in [2.75, 3.05) is 26.4 Å². The molecular weight excluding hydrogens is 312 g/mol. The van der Waals surface area contributed by atoms with E-state index < -0.39 is 16.1 Å². The Kier molecular flexibility index (Phi) is 5.28. The summed E-state index contributed by atoms with van der Waals surface area (Å²) in [5, 5.41) is 9.27. The fraction of sp³-hybridized carbons (Fsp3) is 0.462. The molecule has 1 fully saturated rings. The van der Waals surface area contributed by atoms with Gasteiger partial charge in [-0.05, 0) is 5.56 Å². The fourth-order valence-electron chi connectivity index (χ4n) is 2.21. The van der Waals surface area contributed by atoms with Gasteiger partial charge in [-0.15, -0.1) is 0 Å². The molecule has 116 valence electrons. The number of sulfonamides is 1.